The molecule has 9 heteroatoms. The largest absolute Gasteiger partial charge is 0.464 e. The fourth-order valence-corrected chi connectivity index (χ4v) is 3.70. The first-order chi connectivity index (χ1) is 10.9. The van der Waals surface area contributed by atoms with Gasteiger partial charge in [0.2, 0.25) is 15.0 Å². The number of hydrogen-bond acceptors (Lipinski definition) is 7. The minimum Gasteiger partial charge on any atom is -0.464 e. The molecule has 2 aromatic rings. The lowest BCUT2D eigenvalue weighted by molar-refractivity contribution is 0.0587. The van der Waals surface area contributed by atoms with Crippen LogP contribution in [-0.4, -0.2) is 41.0 Å². The molecule has 0 aromatic carbocycles. The highest BCUT2D eigenvalue weighted by Gasteiger charge is 2.35. The summed E-state index contributed by atoms with van der Waals surface area (Å²) in [6.45, 7) is 1.77. The van der Waals surface area contributed by atoms with Crippen molar-refractivity contribution >= 4 is 15.8 Å². The second-order valence-electron chi connectivity index (χ2n) is 5.43. The van der Waals surface area contributed by atoms with E-state index in [9.17, 15) is 13.2 Å². The summed E-state index contributed by atoms with van der Waals surface area (Å²) in [6, 6.07) is -0.0273. The predicted octanol–water partition coefficient (Wildman–Crippen LogP) is 1.08. The van der Waals surface area contributed by atoms with Crippen molar-refractivity contribution in [1.29, 1.82) is 0 Å². The van der Waals surface area contributed by atoms with Crippen molar-refractivity contribution in [2.24, 2.45) is 0 Å². The minimum absolute atomic E-state index is 0.0273. The third-order valence-electron chi connectivity index (χ3n) is 3.52. The third-order valence-corrected chi connectivity index (χ3v) is 5.05. The Labute approximate surface area is 133 Å². The number of carbonyl (C=O) groups excluding carboxylic acids is 1. The van der Waals surface area contributed by atoms with Crippen molar-refractivity contribution in [2.75, 3.05) is 7.11 Å². The van der Waals surface area contributed by atoms with Gasteiger partial charge in [-0.3, -0.25) is 9.97 Å². The maximum absolute atomic E-state index is 12.7. The molecular weight excluding hydrogens is 320 g/mol. The molecule has 1 aliphatic rings. The van der Waals surface area contributed by atoms with Gasteiger partial charge in [-0.05, 0) is 19.8 Å². The van der Waals surface area contributed by atoms with E-state index in [4.69, 9.17) is 4.74 Å². The lowest BCUT2D eigenvalue weighted by atomic mass is 10.4. The summed E-state index contributed by atoms with van der Waals surface area (Å²) >= 11 is 0. The predicted molar refractivity (Wildman–Crippen MR) is 79.5 cm³/mol. The standard InChI is InChI=1S/C14H16N4O4S/c1-9-5-16-10(6-15-9)8-23(20,21)14-17-7-12(13(19)22-2)18(14)11-3-4-11/h5-7,11H,3-4,8H2,1-2H3. The van der Waals surface area contributed by atoms with E-state index in [0.29, 0.717) is 11.4 Å². The Morgan fingerprint density at radius 3 is 2.57 bits per heavy atom. The summed E-state index contributed by atoms with van der Waals surface area (Å²) in [5, 5.41) is -0.122. The number of carbonyl (C=O) groups is 1. The molecule has 0 atom stereocenters. The number of aryl methyl sites for hydroxylation is 1. The maximum atomic E-state index is 12.7. The molecule has 1 fully saturated rings. The first-order valence-corrected chi connectivity index (χ1v) is 8.73. The molecule has 0 bridgehead atoms. The molecule has 8 nitrogen and oxygen atoms in total. The quantitative estimate of drug-likeness (QED) is 0.752. The SMILES string of the molecule is COC(=O)c1cnc(S(=O)(=O)Cc2cnc(C)cn2)n1C1CC1. The number of imidazole rings is 1. The molecular formula is C14H16N4O4S. The van der Waals surface area contributed by atoms with Crippen molar-refractivity contribution in [3.05, 3.63) is 35.7 Å². The van der Waals surface area contributed by atoms with Gasteiger partial charge in [0.1, 0.15) is 11.4 Å². The molecule has 0 N–H and O–H groups in total. The van der Waals surface area contributed by atoms with Crippen LogP contribution in [-0.2, 0) is 20.3 Å². The van der Waals surface area contributed by atoms with Crippen molar-refractivity contribution < 1.29 is 17.9 Å². The van der Waals surface area contributed by atoms with Crippen LogP contribution < -0.4 is 0 Å². The zero-order chi connectivity index (χ0) is 16.6. The Bertz CT molecular complexity index is 838. The zero-order valence-electron chi connectivity index (χ0n) is 12.8. The average molecular weight is 336 g/mol. The van der Waals surface area contributed by atoms with Crippen molar-refractivity contribution in [3.8, 4) is 0 Å². The maximum Gasteiger partial charge on any atom is 0.356 e. The Hall–Kier alpha value is -2.29. The first kappa shape index (κ1) is 15.6. The smallest absolute Gasteiger partial charge is 0.356 e. The lowest BCUT2D eigenvalue weighted by Crippen LogP contribution is -2.17. The minimum atomic E-state index is -3.74. The highest BCUT2D eigenvalue weighted by Crippen LogP contribution is 2.38. The Morgan fingerprint density at radius 2 is 2.00 bits per heavy atom. The van der Waals surface area contributed by atoms with Gasteiger partial charge in [0, 0.05) is 18.4 Å². The Kier molecular flexibility index (Phi) is 3.88. The molecule has 1 aliphatic carbocycles. The molecule has 0 saturated heterocycles. The van der Waals surface area contributed by atoms with Gasteiger partial charge in [-0.25, -0.2) is 18.2 Å². The van der Waals surface area contributed by atoms with Crippen LogP contribution in [0.5, 0.6) is 0 Å². The highest BCUT2D eigenvalue weighted by atomic mass is 32.2. The molecule has 0 aliphatic heterocycles. The third kappa shape index (κ3) is 3.09. The average Bonchev–Trinajstić information content (AvgIpc) is 3.26. The van der Waals surface area contributed by atoms with E-state index in [1.165, 1.54) is 30.3 Å². The molecule has 0 spiro atoms. The summed E-state index contributed by atoms with van der Waals surface area (Å²) < 4.78 is 31.5. The van der Waals surface area contributed by atoms with E-state index in [2.05, 4.69) is 15.0 Å². The number of rotatable bonds is 5. The number of nitrogens with zero attached hydrogens (tertiary/aromatic N) is 4. The highest BCUT2D eigenvalue weighted by molar-refractivity contribution is 7.90. The summed E-state index contributed by atoms with van der Waals surface area (Å²) in [4.78, 5) is 23.9. The van der Waals surface area contributed by atoms with E-state index >= 15 is 0 Å². The Morgan fingerprint density at radius 1 is 1.26 bits per heavy atom. The fourth-order valence-electron chi connectivity index (χ4n) is 2.27. The number of esters is 1. The Balaban J connectivity index is 1.98. The first-order valence-electron chi connectivity index (χ1n) is 7.08. The van der Waals surface area contributed by atoms with Crippen LogP contribution in [0.4, 0.5) is 0 Å². The molecule has 0 amide bonds. The van der Waals surface area contributed by atoms with Crippen LogP contribution >= 0.6 is 0 Å². The van der Waals surface area contributed by atoms with Crippen LogP contribution in [0.2, 0.25) is 0 Å². The van der Waals surface area contributed by atoms with Gasteiger partial charge < -0.3 is 9.30 Å². The molecule has 2 aromatic heterocycles. The topological polar surface area (TPSA) is 104 Å². The van der Waals surface area contributed by atoms with Gasteiger partial charge in [-0.15, -0.1) is 0 Å². The second-order valence-corrected chi connectivity index (χ2v) is 7.31. The van der Waals surface area contributed by atoms with E-state index < -0.39 is 15.8 Å². The number of ether oxygens (including phenoxy) is 1. The van der Waals surface area contributed by atoms with Gasteiger partial charge in [-0.1, -0.05) is 0 Å². The van der Waals surface area contributed by atoms with E-state index in [0.717, 1.165) is 12.8 Å². The molecule has 1 saturated carbocycles. The van der Waals surface area contributed by atoms with E-state index in [-0.39, 0.29) is 22.6 Å². The van der Waals surface area contributed by atoms with Crippen molar-refractivity contribution in [1.82, 2.24) is 19.5 Å². The summed E-state index contributed by atoms with van der Waals surface area (Å²) in [6.07, 6.45) is 5.81. The fraction of sp³-hybridized carbons (Fsp3) is 0.429. The zero-order valence-corrected chi connectivity index (χ0v) is 13.6. The molecule has 3 rings (SSSR count). The number of hydrogen-bond donors (Lipinski definition) is 0. The molecule has 122 valence electrons. The molecule has 23 heavy (non-hydrogen) atoms. The van der Waals surface area contributed by atoms with Crippen LogP contribution in [0.3, 0.4) is 0 Å². The summed E-state index contributed by atoms with van der Waals surface area (Å²) in [5.41, 5.74) is 1.20. The summed E-state index contributed by atoms with van der Waals surface area (Å²) in [7, 11) is -2.49. The molecule has 2 heterocycles. The van der Waals surface area contributed by atoms with Crippen molar-refractivity contribution in [2.45, 2.75) is 36.7 Å². The van der Waals surface area contributed by atoms with Gasteiger partial charge >= 0.3 is 5.97 Å². The van der Waals surface area contributed by atoms with Crippen LogP contribution in [0.15, 0.2) is 23.7 Å². The normalized spacial score (nSPS) is 14.7. The van der Waals surface area contributed by atoms with Crippen LogP contribution in [0.1, 0.15) is 40.8 Å². The van der Waals surface area contributed by atoms with Gasteiger partial charge in [0.05, 0.1) is 24.7 Å². The van der Waals surface area contributed by atoms with Crippen LogP contribution in [0, 0.1) is 6.92 Å². The molecule has 0 radical (unpaired) electrons. The van der Waals surface area contributed by atoms with E-state index in [1.807, 2.05) is 0 Å². The van der Waals surface area contributed by atoms with Crippen LogP contribution in [0.25, 0.3) is 0 Å². The number of methoxy groups -OCH3 is 1. The van der Waals surface area contributed by atoms with E-state index in [1.54, 1.807) is 6.92 Å². The molecule has 0 unspecified atom stereocenters. The number of aromatic nitrogens is 4. The van der Waals surface area contributed by atoms with Gasteiger partial charge in [0.15, 0.2) is 0 Å². The summed E-state index contributed by atoms with van der Waals surface area (Å²) in [5.74, 6) is -0.911. The number of sulfone groups is 1. The lowest BCUT2D eigenvalue weighted by Gasteiger charge is -2.10. The van der Waals surface area contributed by atoms with Gasteiger partial charge in [-0.2, -0.15) is 0 Å². The second kappa shape index (κ2) is 5.73. The van der Waals surface area contributed by atoms with Crippen molar-refractivity contribution in [3.63, 3.8) is 0 Å². The monoisotopic (exact) mass is 336 g/mol. The van der Waals surface area contributed by atoms with Gasteiger partial charge in [0.25, 0.3) is 0 Å².